The number of benzene rings is 1. The summed E-state index contributed by atoms with van der Waals surface area (Å²) < 4.78 is 5.45. The quantitative estimate of drug-likeness (QED) is 0.924. The molecule has 1 amide bonds. The van der Waals surface area contributed by atoms with Gasteiger partial charge in [0, 0.05) is 5.69 Å². The van der Waals surface area contributed by atoms with Gasteiger partial charge in [0.25, 0.3) is 5.91 Å². The van der Waals surface area contributed by atoms with Crippen LogP contribution in [0.1, 0.15) is 43.3 Å². The Bertz CT molecular complexity index is 663. The summed E-state index contributed by atoms with van der Waals surface area (Å²) in [6.45, 7) is 6.89. The first kappa shape index (κ1) is 14.7. The van der Waals surface area contributed by atoms with Crippen LogP contribution >= 0.6 is 0 Å². The second kappa shape index (κ2) is 5.52. The highest BCUT2D eigenvalue weighted by Gasteiger charge is 2.41. The van der Waals surface area contributed by atoms with Gasteiger partial charge in [-0.25, -0.2) is 0 Å². The van der Waals surface area contributed by atoms with E-state index >= 15 is 0 Å². The summed E-state index contributed by atoms with van der Waals surface area (Å²) in [4.78, 5) is 14.9. The largest absolute Gasteiger partial charge is 0.467 e. The van der Waals surface area contributed by atoms with Crippen LogP contribution in [0.25, 0.3) is 0 Å². The normalized spacial score (nSPS) is 20.9. The number of fused-ring (bicyclic) bond motifs is 1. The Hall–Kier alpha value is -2.23. The van der Waals surface area contributed by atoms with E-state index in [1.165, 1.54) is 0 Å². The van der Waals surface area contributed by atoms with Crippen molar-refractivity contribution in [3.05, 3.63) is 54.0 Å². The number of hydrogen-bond donors (Lipinski definition) is 1. The van der Waals surface area contributed by atoms with Gasteiger partial charge in [0.1, 0.15) is 11.4 Å². The molecule has 116 valence electrons. The molecule has 22 heavy (non-hydrogen) atoms. The molecule has 1 unspecified atom stereocenters. The Morgan fingerprint density at radius 1 is 1.23 bits per heavy atom. The minimum Gasteiger partial charge on any atom is -0.467 e. The molecule has 1 aromatic carbocycles. The van der Waals surface area contributed by atoms with E-state index in [0.717, 1.165) is 23.4 Å². The van der Waals surface area contributed by atoms with Crippen LogP contribution in [-0.2, 0) is 6.54 Å². The molecule has 0 spiro atoms. The summed E-state index contributed by atoms with van der Waals surface area (Å²) in [5, 5.41) is 3.56. The van der Waals surface area contributed by atoms with E-state index in [2.05, 4.69) is 26.1 Å². The molecule has 1 aromatic heterocycles. The van der Waals surface area contributed by atoms with Crippen LogP contribution in [0.3, 0.4) is 0 Å². The van der Waals surface area contributed by atoms with Gasteiger partial charge < -0.3 is 14.6 Å². The summed E-state index contributed by atoms with van der Waals surface area (Å²) in [7, 11) is 0. The van der Waals surface area contributed by atoms with E-state index < -0.39 is 5.66 Å². The topological polar surface area (TPSA) is 45.5 Å². The van der Waals surface area contributed by atoms with E-state index in [4.69, 9.17) is 4.42 Å². The highest BCUT2D eigenvalue weighted by atomic mass is 16.3. The van der Waals surface area contributed by atoms with Gasteiger partial charge in [0.05, 0.1) is 18.4 Å². The van der Waals surface area contributed by atoms with Crippen molar-refractivity contribution in [2.45, 2.75) is 39.4 Å². The Balaban J connectivity index is 2.00. The second-order valence-electron chi connectivity index (χ2n) is 6.51. The minimum absolute atomic E-state index is 0.0499. The third-order valence-corrected chi connectivity index (χ3v) is 4.10. The van der Waals surface area contributed by atoms with Crippen LogP contribution in [0.4, 0.5) is 5.69 Å². The molecule has 0 fully saturated rings. The Kier molecular flexibility index (Phi) is 3.69. The number of nitrogens with zero attached hydrogens (tertiary/aromatic N) is 1. The molecule has 1 N–H and O–H groups in total. The van der Waals surface area contributed by atoms with Crippen molar-refractivity contribution >= 4 is 11.6 Å². The molecule has 0 aliphatic carbocycles. The zero-order valence-electron chi connectivity index (χ0n) is 13.3. The Morgan fingerprint density at radius 2 is 2.00 bits per heavy atom. The fourth-order valence-electron chi connectivity index (χ4n) is 3.27. The molecule has 2 heterocycles. The van der Waals surface area contributed by atoms with Gasteiger partial charge in [0.2, 0.25) is 0 Å². The maximum atomic E-state index is 13.0. The van der Waals surface area contributed by atoms with Gasteiger partial charge in [-0.1, -0.05) is 26.0 Å². The number of amides is 1. The van der Waals surface area contributed by atoms with E-state index in [1.807, 2.05) is 41.3 Å². The number of anilines is 1. The molecule has 3 rings (SSSR count). The molecule has 0 radical (unpaired) electrons. The lowest BCUT2D eigenvalue weighted by atomic mass is 9.92. The molecule has 0 saturated heterocycles. The number of carbonyl (C=O) groups is 1. The van der Waals surface area contributed by atoms with Crippen molar-refractivity contribution < 1.29 is 9.21 Å². The summed E-state index contributed by atoms with van der Waals surface area (Å²) in [6, 6.07) is 11.4. The van der Waals surface area contributed by atoms with Crippen molar-refractivity contribution in [1.29, 1.82) is 0 Å². The zero-order valence-corrected chi connectivity index (χ0v) is 13.3. The molecule has 1 aliphatic rings. The molecular weight excluding hydrogens is 276 g/mol. The smallest absolute Gasteiger partial charge is 0.258 e. The standard InChI is InChI=1S/C18H22N2O2/c1-13(2)11-18(3)19-16-9-5-4-8-15(16)17(21)20(18)12-14-7-6-10-22-14/h4-10,13,19H,11-12H2,1-3H3. The summed E-state index contributed by atoms with van der Waals surface area (Å²) >= 11 is 0. The molecule has 4 heteroatoms. The van der Waals surface area contributed by atoms with Crippen LogP contribution in [0.2, 0.25) is 0 Å². The van der Waals surface area contributed by atoms with E-state index in [9.17, 15) is 4.79 Å². The van der Waals surface area contributed by atoms with Crippen LogP contribution < -0.4 is 5.32 Å². The monoisotopic (exact) mass is 298 g/mol. The lowest BCUT2D eigenvalue weighted by Crippen LogP contribution is -2.58. The SMILES string of the molecule is CC(C)CC1(C)Nc2ccccc2C(=O)N1Cc1ccco1. The minimum atomic E-state index is -0.424. The van der Waals surface area contributed by atoms with Crippen molar-refractivity contribution in [2.75, 3.05) is 5.32 Å². The Labute approximate surface area is 131 Å². The van der Waals surface area contributed by atoms with Gasteiger partial charge in [-0.15, -0.1) is 0 Å². The predicted octanol–water partition coefficient (Wildman–Crippen LogP) is 4.11. The van der Waals surface area contributed by atoms with E-state index in [1.54, 1.807) is 6.26 Å². The lowest BCUT2D eigenvalue weighted by molar-refractivity contribution is 0.0445. The number of hydrogen-bond acceptors (Lipinski definition) is 3. The summed E-state index contributed by atoms with van der Waals surface area (Å²) in [5.41, 5.74) is 1.20. The summed E-state index contributed by atoms with van der Waals surface area (Å²) in [6.07, 6.45) is 2.51. The fraction of sp³-hybridized carbons (Fsp3) is 0.389. The fourth-order valence-corrected chi connectivity index (χ4v) is 3.27. The Morgan fingerprint density at radius 3 is 2.68 bits per heavy atom. The van der Waals surface area contributed by atoms with Crippen LogP contribution in [0.5, 0.6) is 0 Å². The molecule has 0 bridgehead atoms. The number of furan rings is 1. The zero-order chi connectivity index (χ0) is 15.7. The molecule has 0 saturated carbocycles. The van der Waals surface area contributed by atoms with Crippen molar-refractivity contribution in [2.24, 2.45) is 5.92 Å². The maximum absolute atomic E-state index is 13.0. The average Bonchev–Trinajstić information content (AvgIpc) is 2.95. The van der Waals surface area contributed by atoms with E-state index in [0.29, 0.717) is 12.5 Å². The van der Waals surface area contributed by atoms with Gasteiger partial charge in [-0.05, 0) is 43.5 Å². The first-order valence-electron chi connectivity index (χ1n) is 7.71. The number of para-hydroxylation sites is 1. The van der Waals surface area contributed by atoms with E-state index in [-0.39, 0.29) is 5.91 Å². The first-order chi connectivity index (χ1) is 10.5. The van der Waals surface area contributed by atoms with Gasteiger partial charge in [-0.3, -0.25) is 4.79 Å². The number of nitrogens with one attached hydrogen (secondary N) is 1. The van der Waals surface area contributed by atoms with Crippen LogP contribution in [0, 0.1) is 5.92 Å². The molecule has 1 atom stereocenters. The van der Waals surface area contributed by atoms with Gasteiger partial charge >= 0.3 is 0 Å². The average molecular weight is 298 g/mol. The van der Waals surface area contributed by atoms with Crippen molar-refractivity contribution in [3.63, 3.8) is 0 Å². The van der Waals surface area contributed by atoms with Crippen LogP contribution in [-0.4, -0.2) is 16.5 Å². The van der Waals surface area contributed by atoms with Crippen LogP contribution in [0.15, 0.2) is 47.1 Å². The highest BCUT2D eigenvalue weighted by molar-refractivity contribution is 6.02. The third kappa shape index (κ3) is 2.61. The summed E-state index contributed by atoms with van der Waals surface area (Å²) in [5.74, 6) is 1.31. The number of rotatable bonds is 4. The maximum Gasteiger partial charge on any atom is 0.258 e. The molecule has 1 aliphatic heterocycles. The van der Waals surface area contributed by atoms with Gasteiger partial charge in [-0.2, -0.15) is 0 Å². The first-order valence-corrected chi connectivity index (χ1v) is 7.71. The lowest BCUT2D eigenvalue weighted by Gasteiger charge is -2.47. The van der Waals surface area contributed by atoms with Crippen molar-refractivity contribution in [1.82, 2.24) is 4.90 Å². The molecular formula is C18H22N2O2. The number of carbonyl (C=O) groups excluding carboxylic acids is 1. The second-order valence-corrected chi connectivity index (χ2v) is 6.51. The van der Waals surface area contributed by atoms with Crippen molar-refractivity contribution in [3.8, 4) is 0 Å². The molecule has 2 aromatic rings. The molecule has 4 nitrogen and oxygen atoms in total. The third-order valence-electron chi connectivity index (χ3n) is 4.10. The van der Waals surface area contributed by atoms with Gasteiger partial charge in [0.15, 0.2) is 0 Å². The highest BCUT2D eigenvalue weighted by Crippen LogP contribution is 2.35. The predicted molar refractivity (Wildman–Crippen MR) is 86.5 cm³/mol.